The van der Waals surface area contributed by atoms with Crippen LogP contribution < -0.4 is 10.6 Å². The number of fused-ring (bicyclic) bond motifs is 1. The summed E-state index contributed by atoms with van der Waals surface area (Å²) in [5, 5.41) is 12.5. The van der Waals surface area contributed by atoms with Crippen LogP contribution in [-0.4, -0.2) is 39.1 Å². The normalized spacial score (nSPS) is 11.6. The molecular formula is C19H19N5O4. The smallest absolute Gasteiger partial charge is 0.340 e. The van der Waals surface area contributed by atoms with Crippen molar-refractivity contribution >= 4 is 23.6 Å². The predicted octanol–water partition coefficient (Wildman–Crippen LogP) is 1.78. The third-order valence-corrected chi connectivity index (χ3v) is 3.95. The van der Waals surface area contributed by atoms with Crippen molar-refractivity contribution in [2.24, 2.45) is 0 Å². The van der Waals surface area contributed by atoms with Crippen molar-refractivity contribution in [1.29, 1.82) is 0 Å². The Morgan fingerprint density at radius 2 is 1.86 bits per heavy atom. The minimum atomic E-state index is -1.28. The van der Waals surface area contributed by atoms with Gasteiger partial charge in [0.05, 0.1) is 5.56 Å². The highest BCUT2D eigenvalue weighted by molar-refractivity contribution is 5.99. The van der Waals surface area contributed by atoms with Gasteiger partial charge in [0.2, 0.25) is 6.10 Å². The minimum absolute atomic E-state index is 0.224. The van der Waals surface area contributed by atoms with Crippen molar-refractivity contribution in [3.8, 4) is 0 Å². The standard InChI is InChI=1S/C19H19N5O4/c1-3-20-19(27)21-17(25)16(13-7-5-4-6-8-13)28-18(26)14-9-10-15-23-22-12(2)24(15)11-14/h4-11,16H,3H2,1-2H3,(H2,20,21,25,27). The first kappa shape index (κ1) is 19.0. The molecule has 0 aliphatic rings. The Labute approximate surface area is 160 Å². The summed E-state index contributed by atoms with van der Waals surface area (Å²) in [4.78, 5) is 36.9. The van der Waals surface area contributed by atoms with E-state index in [1.54, 1.807) is 54.6 Å². The number of hydrogen-bond donors (Lipinski definition) is 2. The first-order valence-corrected chi connectivity index (χ1v) is 8.65. The number of esters is 1. The topological polar surface area (TPSA) is 115 Å². The van der Waals surface area contributed by atoms with Crippen LogP contribution in [0.15, 0.2) is 48.7 Å². The average Bonchev–Trinajstić information content (AvgIpc) is 3.07. The molecule has 2 N–H and O–H groups in total. The van der Waals surface area contributed by atoms with Crippen molar-refractivity contribution < 1.29 is 19.1 Å². The highest BCUT2D eigenvalue weighted by atomic mass is 16.5. The fraction of sp³-hybridized carbons (Fsp3) is 0.211. The van der Waals surface area contributed by atoms with Gasteiger partial charge in [-0.1, -0.05) is 30.3 Å². The molecule has 9 nitrogen and oxygen atoms in total. The number of urea groups is 1. The maximum atomic E-state index is 12.7. The van der Waals surface area contributed by atoms with Crippen LogP contribution in [0.4, 0.5) is 4.79 Å². The van der Waals surface area contributed by atoms with Gasteiger partial charge in [-0.25, -0.2) is 9.59 Å². The van der Waals surface area contributed by atoms with E-state index in [0.717, 1.165) is 0 Å². The number of imide groups is 1. The van der Waals surface area contributed by atoms with E-state index >= 15 is 0 Å². The monoisotopic (exact) mass is 381 g/mol. The first-order chi connectivity index (χ1) is 13.5. The minimum Gasteiger partial charge on any atom is -0.444 e. The van der Waals surface area contributed by atoms with Gasteiger partial charge in [0.15, 0.2) is 5.65 Å². The van der Waals surface area contributed by atoms with Crippen molar-refractivity contribution in [1.82, 2.24) is 25.2 Å². The molecule has 0 spiro atoms. The Kier molecular flexibility index (Phi) is 5.64. The molecule has 3 aromatic rings. The van der Waals surface area contributed by atoms with Crippen molar-refractivity contribution in [3.63, 3.8) is 0 Å². The summed E-state index contributed by atoms with van der Waals surface area (Å²) in [5.41, 5.74) is 1.25. The number of benzene rings is 1. The Morgan fingerprint density at radius 3 is 2.57 bits per heavy atom. The van der Waals surface area contributed by atoms with E-state index in [-0.39, 0.29) is 5.56 Å². The highest BCUT2D eigenvalue weighted by Crippen LogP contribution is 2.20. The van der Waals surface area contributed by atoms with Gasteiger partial charge in [-0.15, -0.1) is 10.2 Å². The molecule has 2 heterocycles. The van der Waals surface area contributed by atoms with Gasteiger partial charge >= 0.3 is 12.0 Å². The number of ether oxygens (including phenoxy) is 1. The lowest BCUT2D eigenvalue weighted by molar-refractivity contribution is -0.129. The Hall–Kier alpha value is -3.75. The number of carbonyl (C=O) groups is 3. The van der Waals surface area contributed by atoms with Crippen LogP contribution in [0.2, 0.25) is 0 Å². The Bertz CT molecular complexity index is 1020. The molecule has 1 unspecified atom stereocenters. The number of nitrogens with one attached hydrogen (secondary N) is 2. The molecule has 2 aromatic heterocycles. The van der Waals surface area contributed by atoms with E-state index in [1.807, 2.05) is 0 Å². The summed E-state index contributed by atoms with van der Waals surface area (Å²) in [5.74, 6) is -0.847. The SMILES string of the molecule is CCNC(=O)NC(=O)C(OC(=O)c1ccc2nnc(C)n2c1)c1ccccc1. The molecule has 1 aromatic carbocycles. The highest BCUT2D eigenvalue weighted by Gasteiger charge is 2.27. The molecule has 0 aliphatic heterocycles. The van der Waals surface area contributed by atoms with Gasteiger partial charge in [0, 0.05) is 18.3 Å². The largest absolute Gasteiger partial charge is 0.444 e. The second kappa shape index (κ2) is 8.30. The van der Waals surface area contributed by atoms with Gasteiger partial charge in [-0.05, 0) is 26.0 Å². The number of hydrogen-bond acceptors (Lipinski definition) is 6. The van der Waals surface area contributed by atoms with Crippen LogP contribution in [0, 0.1) is 6.92 Å². The summed E-state index contributed by atoms with van der Waals surface area (Å²) in [6, 6.07) is 11.0. The van der Waals surface area contributed by atoms with Crippen molar-refractivity contribution in [3.05, 3.63) is 65.6 Å². The van der Waals surface area contributed by atoms with Crippen LogP contribution >= 0.6 is 0 Å². The maximum absolute atomic E-state index is 12.7. The second-order valence-electron chi connectivity index (χ2n) is 5.94. The molecule has 1 atom stereocenters. The molecule has 0 saturated heterocycles. The number of nitrogens with zero attached hydrogens (tertiary/aromatic N) is 3. The lowest BCUT2D eigenvalue weighted by atomic mass is 10.1. The zero-order chi connectivity index (χ0) is 20.1. The summed E-state index contributed by atoms with van der Waals surface area (Å²) in [7, 11) is 0. The Balaban J connectivity index is 1.85. The molecular weight excluding hydrogens is 362 g/mol. The lowest BCUT2D eigenvalue weighted by Gasteiger charge is -2.17. The molecule has 28 heavy (non-hydrogen) atoms. The molecule has 3 rings (SSSR count). The van der Waals surface area contributed by atoms with Crippen LogP contribution in [-0.2, 0) is 9.53 Å². The summed E-state index contributed by atoms with van der Waals surface area (Å²) in [6.45, 7) is 3.83. The van der Waals surface area contributed by atoms with E-state index in [2.05, 4.69) is 20.8 Å². The number of amides is 3. The molecule has 0 bridgehead atoms. The molecule has 144 valence electrons. The van der Waals surface area contributed by atoms with Gasteiger partial charge in [0.25, 0.3) is 5.91 Å². The van der Waals surface area contributed by atoms with Gasteiger partial charge < -0.3 is 10.1 Å². The van der Waals surface area contributed by atoms with E-state index in [4.69, 9.17) is 4.74 Å². The number of carbonyl (C=O) groups excluding carboxylic acids is 3. The fourth-order valence-corrected chi connectivity index (χ4v) is 2.58. The van der Waals surface area contributed by atoms with Crippen LogP contribution in [0.1, 0.15) is 34.8 Å². The predicted molar refractivity (Wildman–Crippen MR) is 99.5 cm³/mol. The van der Waals surface area contributed by atoms with E-state index in [9.17, 15) is 14.4 Å². The van der Waals surface area contributed by atoms with E-state index < -0.39 is 24.0 Å². The fourth-order valence-electron chi connectivity index (χ4n) is 2.58. The lowest BCUT2D eigenvalue weighted by Crippen LogP contribution is -2.42. The third kappa shape index (κ3) is 4.14. The van der Waals surface area contributed by atoms with Crippen molar-refractivity contribution in [2.45, 2.75) is 20.0 Å². The first-order valence-electron chi connectivity index (χ1n) is 8.65. The second-order valence-corrected chi connectivity index (χ2v) is 5.94. The quantitative estimate of drug-likeness (QED) is 0.651. The van der Waals surface area contributed by atoms with E-state index in [1.165, 1.54) is 12.3 Å². The van der Waals surface area contributed by atoms with E-state index in [0.29, 0.717) is 23.6 Å². The summed E-state index contributed by atoms with van der Waals surface area (Å²) in [6.07, 6.45) is 0.255. The maximum Gasteiger partial charge on any atom is 0.340 e. The number of aromatic nitrogens is 3. The van der Waals surface area contributed by atoms with Crippen LogP contribution in [0.25, 0.3) is 5.65 Å². The molecule has 0 fully saturated rings. The number of rotatable bonds is 5. The number of pyridine rings is 1. The molecule has 9 heteroatoms. The van der Waals surface area contributed by atoms with Gasteiger partial charge in [-0.2, -0.15) is 0 Å². The van der Waals surface area contributed by atoms with Gasteiger partial charge in [0.1, 0.15) is 5.82 Å². The van der Waals surface area contributed by atoms with Crippen LogP contribution in [0.3, 0.4) is 0 Å². The average molecular weight is 381 g/mol. The Morgan fingerprint density at radius 1 is 1.11 bits per heavy atom. The molecule has 0 aliphatic carbocycles. The zero-order valence-electron chi connectivity index (χ0n) is 15.4. The molecule has 3 amide bonds. The zero-order valence-corrected chi connectivity index (χ0v) is 15.4. The third-order valence-electron chi connectivity index (χ3n) is 3.95. The van der Waals surface area contributed by atoms with Crippen molar-refractivity contribution in [2.75, 3.05) is 6.54 Å². The summed E-state index contributed by atoms with van der Waals surface area (Å²) < 4.78 is 7.09. The van der Waals surface area contributed by atoms with Gasteiger partial charge in [-0.3, -0.25) is 14.5 Å². The molecule has 0 saturated carbocycles. The summed E-state index contributed by atoms with van der Waals surface area (Å²) >= 11 is 0. The number of aryl methyl sites for hydroxylation is 1. The van der Waals surface area contributed by atoms with Crippen LogP contribution in [0.5, 0.6) is 0 Å². The molecule has 0 radical (unpaired) electrons.